The summed E-state index contributed by atoms with van der Waals surface area (Å²) in [4.78, 5) is 12.1. The van der Waals surface area contributed by atoms with Crippen LogP contribution in [-0.2, 0) is 6.42 Å². The Kier molecular flexibility index (Phi) is 4.54. The van der Waals surface area contributed by atoms with Crippen molar-refractivity contribution in [3.8, 4) is 0 Å². The van der Waals surface area contributed by atoms with Crippen LogP contribution in [0.4, 0.5) is 0 Å². The largest absolute Gasteiger partial charge is 0.294 e. The molecule has 2 aromatic rings. The molecule has 0 amide bonds. The van der Waals surface area contributed by atoms with Crippen LogP contribution in [-0.4, -0.2) is 5.78 Å². The highest BCUT2D eigenvalue weighted by molar-refractivity contribution is 9.10. The highest BCUT2D eigenvalue weighted by Gasteiger charge is 2.07. The Morgan fingerprint density at radius 2 is 1.68 bits per heavy atom. The van der Waals surface area contributed by atoms with Gasteiger partial charge < -0.3 is 0 Å². The number of benzene rings is 2. The van der Waals surface area contributed by atoms with E-state index in [0.29, 0.717) is 6.42 Å². The van der Waals surface area contributed by atoms with E-state index >= 15 is 0 Å². The van der Waals surface area contributed by atoms with E-state index < -0.39 is 0 Å². The molecule has 0 fully saturated rings. The zero-order valence-electron chi connectivity index (χ0n) is 11.2. The molecular formula is C17H17BrO. The number of hydrogen-bond donors (Lipinski definition) is 0. The maximum Gasteiger partial charge on any atom is 0.163 e. The van der Waals surface area contributed by atoms with Gasteiger partial charge in [-0.25, -0.2) is 0 Å². The van der Waals surface area contributed by atoms with Gasteiger partial charge in [-0.05, 0) is 55.2 Å². The Morgan fingerprint density at radius 1 is 1.00 bits per heavy atom. The van der Waals surface area contributed by atoms with E-state index in [4.69, 9.17) is 0 Å². The van der Waals surface area contributed by atoms with Crippen molar-refractivity contribution in [2.75, 3.05) is 0 Å². The summed E-state index contributed by atoms with van der Waals surface area (Å²) in [6.07, 6.45) is 1.35. The van der Waals surface area contributed by atoms with Crippen LogP contribution in [0.2, 0.25) is 0 Å². The third kappa shape index (κ3) is 3.77. The van der Waals surface area contributed by atoms with Gasteiger partial charge in [0.2, 0.25) is 0 Å². The normalized spacial score (nSPS) is 10.5. The molecule has 1 nitrogen and oxygen atoms in total. The second kappa shape index (κ2) is 6.16. The van der Waals surface area contributed by atoms with Gasteiger partial charge in [-0.2, -0.15) is 0 Å². The molecule has 2 aromatic carbocycles. The molecule has 0 unspecified atom stereocenters. The highest BCUT2D eigenvalue weighted by atomic mass is 79.9. The lowest BCUT2D eigenvalue weighted by Gasteiger charge is -2.05. The average molecular weight is 317 g/mol. The van der Waals surface area contributed by atoms with Gasteiger partial charge in [0.25, 0.3) is 0 Å². The molecule has 0 aromatic heterocycles. The fourth-order valence-electron chi connectivity index (χ4n) is 1.97. The van der Waals surface area contributed by atoms with E-state index in [9.17, 15) is 4.79 Å². The van der Waals surface area contributed by atoms with Crippen LogP contribution in [0.5, 0.6) is 0 Å². The minimum Gasteiger partial charge on any atom is -0.294 e. The first kappa shape index (κ1) is 14.0. The molecule has 0 bridgehead atoms. The molecule has 2 heteroatoms. The van der Waals surface area contributed by atoms with E-state index in [1.807, 2.05) is 37.3 Å². The van der Waals surface area contributed by atoms with Gasteiger partial charge in [-0.1, -0.05) is 40.2 Å². The molecule has 98 valence electrons. The first-order chi connectivity index (χ1) is 9.06. The number of Topliss-reactive ketones (excluding diaryl/α,β-unsaturated/α-hetero) is 1. The van der Waals surface area contributed by atoms with Crippen LogP contribution < -0.4 is 0 Å². The first-order valence-corrected chi connectivity index (χ1v) is 7.20. The molecule has 0 atom stereocenters. The third-order valence-electron chi connectivity index (χ3n) is 3.38. The molecule has 0 aliphatic carbocycles. The van der Waals surface area contributed by atoms with Gasteiger partial charge in [0, 0.05) is 16.5 Å². The quantitative estimate of drug-likeness (QED) is 0.734. The molecule has 0 aliphatic rings. The molecule has 0 spiro atoms. The zero-order chi connectivity index (χ0) is 13.8. The Labute approximate surface area is 122 Å². The predicted octanol–water partition coefficient (Wildman–Crippen LogP) is 4.88. The van der Waals surface area contributed by atoms with Crippen molar-refractivity contribution >= 4 is 21.7 Å². The number of carbonyl (C=O) groups is 1. The van der Waals surface area contributed by atoms with Crippen molar-refractivity contribution in [1.82, 2.24) is 0 Å². The highest BCUT2D eigenvalue weighted by Crippen LogP contribution is 2.15. The summed E-state index contributed by atoms with van der Waals surface area (Å²) in [7, 11) is 0. The number of halogens is 1. The molecule has 0 heterocycles. The lowest BCUT2D eigenvalue weighted by Crippen LogP contribution is -2.02. The van der Waals surface area contributed by atoms with Crippen molar-refractivity contribution in [3.63, 3.8) is 0 Å². The van der Waals surface area contributed by atoms with Crippen molar-refractivity contribution in [2.45, 2.75) is 26.7 Å². The minimum atomic E-state index is 0.214. The van der Waals surface area contributed by atoms with Gasteiger partial charge in [0.05, 0.1) is 0 Å². The molecule has 0 saturated heterocycles. The number of carbonyl (C=O) groups excluding carboxylic acids is 1. The fourth-order valence-corrected chi connectivity index (χ4v) is 2.23. The average Bonchev–Trinajstić information content (AvgIpc) is 2.41. The van der Waals surface area contributed by atoms with Crippen LogP contribution in [0.15, 0.2) is 46.9 Å². The Hall–Kier alpha value is -1.41. The number of rotatable bonds is 4. The summed E-state index contributed by atoms with van der Waals surface area (Å²) in [5, 5.41) is 0. The second-order valence-corrected chi connectivity index (χ2v) is 5.76. The van der Waals surface area contributed by atoms with Crippen LogP contribution in [0, 0.1) is 13.8 Å². The molecule has 0 radical (unpaired) electrons. The van der Waals surface area contributed by atoms with Crippen LogP contribution in [0.25, 0.3) is 0 Å². The SMILES string of the molecule is Cc1ccc(C(=O)CCc2ccc(Br)cc2)cc1C. The van der Waals surface area contributed by atoms with Crippen molar-refractivity contribution in [3.05, 3.63) is 69.2 Å². The van der Waals surface area contributed by atoms with Gasteiger partial charge in [0.1, 0.15) is 0 Å². The molecule has 0 aliphatic heterocycles. The summed E-state index contributed by atoms with van der Waals surface area (Å²) >= 11 is 3.41. The second-order valence-electron chi connectivity index (χ2n) is 4.85. The van der Waals surface area contributed by atoms with Gasteiger partial charge in [-0.15, -0.1) is 0 Å². The summed E-state index contributed by atoms with van der Waals surface area (Å²) in [5.74, 6) is 0.214. The number of ketones is 1. The first-order valence-electron chi connectivity index (χ1n) is 6.41. The predicted molar refractivity (Wildman–Crippen MR) is 82.7 cm³/mol. The molecule has 0 saturated carbocycles. The van der Waals surface area contributed by atoms with Gasteiger partial charge in [0.15, 0.2) is 5.78 Å². The van der Waals surface area contributed by atoms with Crippen LogP contribution >= 0.6 is 15.9 Å². The standard InChI is InChI=1S/C17H17BrO/c1-12-3-7-15(11-13(12)2)17(19)10-6-14-4-8-16(18)9-5-14/h3-5,7-9,11H,6,10H2,1-2H3. The molecule has 0 N–H and O–H groups in total. The van der Waals surface area contributed by atoms with E-state index in [-0.39, 0.29) is 5.78 Å². The zero-order valence-corrected chi connectivity index (χ0v) is 12.8. The summed E-state index contributed by atoms with van der Waals surface area (Å²) < 4.78 is 1.07. The molecular weight excluding hydrogens is 300 g/mol. The lowest BCUT2D eigenvalue weighted by molar-refractivity contribution is 0.0983. The van der Waals surface area contributed by atoms with E-state index in [1.165, 1.54) is 16.7 Å². The molecule has 2 rings (SSSR count). The van der Waals surface area contributed by atoms with E-state index in [2.05, 4.69) is 35.0 Å². The monoisotopic (exact) mass is 316 g/mol. The van der Waals surface area contributed by atoms with Crippen LogP contribution in [0.1, 0.15) is 33.5 Å². The lowest BCUT2D eigenvalue weighted by atomic mass is 9.99. The maximum absolute atomic E-state index is 12.1. The maximum atomic E-state index is 12.1. The number of hydrogen-bond acceptors (Lipinski definition) is 1. The molecule has 19 heavy (non-hydrogen) atoms. The summed E-state index contributed by atoms with van der Waals surface area (Å²) in [6, 6.07) is 14.1. The number of aryl methyl sites for hydroxylation is 3. The Morgan fingerprint density at radius 3 is 2.32 bits per heavy atom. The van der Waals surface area contributed by atoms with Gasteiger partial charge in [-0.3, -0.25) is 4.79 Å². The Balaban J connectivity index is 2.01. The van der Waals surface area contributed by atoms with Crippen molar-refractivity contribution < 1.29 is 4.79 Å². The summed E-state index contributed by atoms with van der Waals surface area (Å²) in [6.45, 7) is 4.10. The topological polar surface area (TPSA) is 17.1 Å². The van der Waals surface area contributed by atoms with E-state index in [0.717, 1.165) is 16.5 Å². The third-order valence-corrected chi connectivity index (χ3v) is 3.91. The fraction of sp³-hybridized carbons (Fsp3) is 0.235. The van der Waals surface area contributed by atoms with Crippen molar-refractivity contribution in [2.24, 2.45) is 0 Å². The Bertz CT molecular complexity index is 585. The minimum absolute atomic E-state index is 0.214. The smallest absolute Gasteiger partial charge is 0.163 e. The summed E-state index contributed by atoms with van der Waals surface area (Å²) in [5.41, 5.74) is 4.42. The van der Waals surface area contributed by atoms with Crippen LogP contribution in [0.3, 0.4) is 0 Å². The van der Waals surface area contributed by atoms with E-state index in [1.54, 1.807) is 0 Å². The van der Waals surface area contributed by atoms with Crippen molar-refractivity contribution in [1.29, 1.82) is 0 Å². The van der Waals surface area contributed by atoms with Gasteiger partial charge >= 0.3 is 0 Å².